The van der Waals surface area contributed by atoms with Gasteiger partial charge < -0.3 is 5.32 Å². The molecule has 4 atom stereocenters. The molecule has 3 rings (SSSR count). The van der Waals surface area contributed by atoms with Crippen molar-refractivity contribution in [2.75, 3.05) is 13.1 Å². The predicted molar refractivity (Wildman–Crippen MR) is 86.0 cm³/mol. The zero-order valence-corrected chi connectivity index (χ0v) is 13.4. The molecule has 3 fully saturated rings. The molecule has 4 unspecified atom stereocenters. The average molecular weight is 278 g/mol. The Balaban J connectivity index is 1.58. The minimum atomic E-state index is 0.803. The molecule has 1 N–H and O–H groups in total. The number of rotatable bonds is 4. The molecule has 116 valence electrons. The van der Waals surface area contributed by atoms with E-state index < -0.39 is 0 Å². The fourth-order valence-electron chi connectivity index (χ4n) is 5.12. The first-order valence-corrected chi connectivity index (χ1v) is 9.37. The van der Waals surface area contributed by atoms with Gasteiger partial charge in [-0.1, -0.05) is 26.2 Å². The molecule has 1 aliphatic heterocycles. The van der Waals surface area contributed by atoms with Crippen molar-refractivity contribution in [2.24, 2.45) is 5.92 Å². The third-order valence-electron chi connectivity index (χ3n) is 6.08. The third-order valence-corrected chi connectivity index (χ3v) is 6.08. The van der Waals surface area contributed by atoms with Crippen LogP contribution in [-0.2, 0) is 0 Å². The van der Waals surface area contributed by atoms with Gasteiger partial charge in [-0.05, 0) is 70.4 Å². The highest BCUT2D eigenvalue weighted by atomic mass is 15.2. The summed E-state index contributed by atoms with van der Waals surface area (Å²) in [5.41, 5.74) is 0. The van der Waals surface area contributed by atoms with Gasteiger partial charge in [-0.15, -0.1) is 0 Å². The van der Waals surface area contributed by atoms with E-state index in [-0.39, 0.29) is 0 Å². The second-order valence-electron chi connectivity index (χ2n) is 7.46. The van der Waals surface area contributed by atoms with Crippen molar-refractivity contribution in [3.05, 3.63) is 0 Å². The molecule has 2 saturated carbocycles. The summed E-state index contributed by atoms with van der Waals surface area (Å²) in [6, 6.07) is 2.65. The molecule has 2 nitrogen and oxygen atoms in total. The molecule has 0 aromatic carbocycles. The summed E-state index contributed by atoms with van der Waals surface area (Å²) in [5, 5.41) is 3.79. The Morgan fingerprint density at radius 2 is 1.80 bits per heavy atom. The standard InChI is InChI=1S/C18H34N2/c1-2-12-19-16-9-5-10-17(14-16)20-13-6-8-15-7-3-4-11-18(15)20/h15-19H,2-14H2,1H3. The first kappa shape index (κ1) is 14.8. The molecular formula is C18H34N2. The number of nitrogens with zero attached hydrogens (tertiary/aromatic N) is 1. The van der Waals surface area contributed by atoms with E-state index in [1.807, 2.05) is 0 Å². The summed E-state index contributed by atoms with van der Waals surface area (Å²) in [4.78, 5) is 2.97. The number of fused-ring (bicyclic) bond motifs is 1. The summed E-state index contributed by atoms with van der Waals surface area (Å²) in [5.74, 6) is 1.04. The zero-order chi connectivity index (χ0) is 13.8. The van der Waals surface area contributed by atoms with E-state index in [1.54, 1.807) is 0 Å². The SMILES string of the molecule is CCCNC1CCCC(N2CCCC3CCCCC32)C1. The molecular weight excluding hydrogens is 244 g/mol. The lowest BCUT2D eigenvalue weighted by atomic mass is 9.76. The monoisotopic (exact) mass is 278 g/mol. The van der Waals surface area contributed by atoms with Crippen LogP contribution in [0.2, 0.25) is 0 Å². The van der Waals surface area contributed by atoms with E-state index in [2.05, 4.69) is 17.1 Å². The van der Waals surface area contributed by atoms with E-state index >= 15 is 0 Å². The number of piperidine rings is 1. The average Bonchev–Trinajstić information content (AvgIpc) is 2.52. The van der Waals surface area contributed by atoms with Crippen molar-refractivity contribution in [1.29, 1.82) is 0 Å². The molecule has 0 spiro atoms. The maximum atomic E-state index is 3.79. The lowest BCUT2D eigenvalue weighted by molar-refractivity contribution is 0.00858. The van der Waals surface area contributed by atoms with Gasteiger partial charge in [0.2, 0.25) is 0 Å². The molecule has 0 bridgehead atoms. The van der Waals surface area contributed by atoms with Crippen LogP contribution in [0.15, 0.2) is 0 Å². The van der Waals surface area contributed by atoms with Crippen LogP contribution >= 0.6 is 0 Å². The van der Waals surface area contributed by atoms with Crippen LogP contribution < -0.4 is 5.32 Å². The van der Waals surface area contributed by atoms with Gasteiger partial charge in [0.1, 0.15) is 0 Å². The van der Waals surface area contributed by atoms with Crippen LogP contribution in [0.4, 0.5) is 0 Å². The third kappa shape index (κ3) is 3.39. The topological polar surface area (TPSA) is 15.3 Å². The Morgan fingerprint density at radius 3 is 2.70 bits per heavy atom. The molecule has 2 aliphatic carbocycles. The Bertz CT molecular complexity index is 289. The second kappa shape index (κ2) is 7.26. The van der Waals surface area contributed by atoms with Crippen LogP contribution in [0, 0.1) is 5.92 Å². The Kier molecular flexibility index (Phi) is 5.39. The zero-order valence-electron chi connectivity index (χ0n) is 13.4. The van der Waals surface area contributed by atoms with Gasteiger partial charge in [0.25, 0.3) is 0 Å². The molecule has 3 aliphatic rings. The predicted octanol–water partition coefficient (Wildman–Crippen LogP) is 3.95. The highest BCUT2D eigenvalue weighted by Crippen LogP contribution is 2.38. The molecule has 0 aromatic heterocycles. The van der Waals surface area contributed by atoms with Crippen molar-refractivity contribution in [2.45, 2.75) is 95.7 Å². The fourth-order valence-corrected chi connectivity index (χ4v) is 5.12. The van der Waals surface area contributed by atoms with E-state index in [0.29, 0.717) is 0 Å². The van der Waals surface area contributed by atoms with Gasteiger partial charge in [0.15, 0.2) is 0 Å². The largest absolute Gasteiger partial charge is 0.314 e. The van der Waals surface area contributed by atoms with Crippen LogP contribution in [0.3, 0.4) is 0 Å². The van der Waals surface area contributed by atoms with Gasteiger partial charge >= 0.3 is 0 Å². The Labute approximate surface area is 125 Å². The molecule has 1 saturated heterocycles. The van der Waals surface area contributed by atoms with Gasteiger partial charge in [-0.3, -0.25) is 4.90 Å². The van der Waals surface area contributed by atoms with Crippen molar-refractivity contribution >= 4 is 0 Å². The minimum absolute atomic E-state index is 0.803. The van der Waals surface area contributed by atoms with E-state index in [9.17, 15) is 0 Å². The Hall–Kier alpha value is -0.0800. The number of hydrogen-bond acceptors (Lipinski definition) is 2. The number of likely N-dealkylation sites (tertiary alicyclic amines) is 1. The summed E-state index contributed by atoms with van der Waals surface area (Å²) >= 11 is 0. The Morgan fingerprint density at radius 1 is 0.950 bits per heavy atom. The summed E-state index contributed by atoms with van der Waals surface area (Å²) in [7, 11) is 0. The lowest BCUT2D eigenvalue weighted by Gasteiger charge is -2.49. The summed E-state index contributed by atoms with van der Waals surface area (Å²) < 4.78 is 0. The fraction of sp³-hybridized carbons (Fsp3) is 1.00. The van der Waals surface area contributed by atoms with Gasteiger partial charge in [0.05, 0.1) is 0 Å². The van der Waals surface area contributed by atoms with Crippen LogP contribution in [-0.4, -0.2) is 36.1 Å². The van der Waals surface area contributed by atoms with Gasteiger partial charge in [-0.25, -0.2) is 0 Å². The van der Waals surface area contributed by atoms with Gasteiger partial charge in [-0.2, -0.15) is 0 Å². The van der Waals surface area contributed by atoms with Crippen LogP contribution in [0.1, 0.15) is 77.6 Å². The second-order valence-corrected chi connectivity index (χ2v) is 7.46. The van der Waals surface area contributed by atoms with Crippen molar-refractivity contribution in [3.63, 3.8) is 0 Å². The molecule has 0 radical (unpaired) electrons. The summed E-state index contributed by atoms with van der Waals surface area (Å²) in [6.07, 6.45) is 16.0. The molecule has 2 heteroatoms. The molecule has 0 aromatic rings. The molecule has 0 amide bonds. The minimum Gasteiger partial charge on any atom is -0.314 e. The lowest BCUT2D eigenvalue weighted by Crippen LogP contribution is -2.54. The van der Waals surface area contributed by atoms with Gasteiger partial charge in [0, 0.05) is 18.1 Å². The van der Waals surface area contributed by atoms with E-state index in [1.165, 1.54) is 83.7 Å². The maximum absolute atomic E-state index is 3.79. The van der Waals surface area contributed by atoms with E-state index in [4.69, 9.17) is 0 Å². The highest BCUT2D eigenvalue weighted by molar-refractivity contribution is 4.93. The number of hydrogen-bond donors (Lipinski definition) is 1. The number of nitrogens with one attached hydrogen (secondary N) is 1. The first-order chi connectivity index (χ1) is 9.88. The van der Waals surface area contributed by atoms with Crippen LogP contribution in [0.5, 0.6) is 0 Å². The molecule has 1 heterocycles. The molecule has 20 heavy (non-hydrogen) atoms. The van der Waals surface area contributed by atoms with Crippen molar-refractivity contribution in [3.8, 4) is 0 Å². The quantitative estimate of drug-likeness (QED) is 0.837. The van der Waals surface area contributed by atoms with Crippen molar-refractivity contribution < 1.29 is 0 Å². The normalized spacial score (nSPS) is 39.5. The first-order valence-electron chi connectivity index (χ1n) is 9.37. The highest BCUT2D eigenvalue weighted by Gasteiger charge is 2.37. The maximum Gasteiger partial charge on any atom is 0.0126 e. The smallest absolute Gasteiger partial charge is 0.0126 e. The summed E-state index contributed by atoms with van der Waals surface area (Å²) in [6.45, 7) is 4.89. The van der Waals surface area contributed by atoms with Crippen LogP contribution in [0.25, 0.3) is 0 Å². The van der Waals surface area contributed by atoms with E-state index in [0.717, 1.165) is 24.0 Å². The van der Waals surface area contributed by atoms with Crippen molar-refractivity contribution in [1.82, 2.24) is 10.2 Å².